The average molecular weight is 240 g/mol. The van der Waals surface area contributed by atoms with E-state index in [0.29, 0.717) is 11.8 Å². The number of aromatic nitrogens is 2. The molecule has 2 aromatic heterocycles. The van der Waals surface area contributed by atoms with Crippen molar-refractivity contribution in [3.05, 3.63) is 48.1 Å². The van der Waals surface area contributed by atoms with Crippen LogP contribution >= 0.6 is 0 Å². The van der Waals surface area contributed by atoms with Gasteiger partial charge in [-0.1, -0.05) is 32.0 Å². The maximum absolute atomic E-state index is 5.62. The standard InChI is InChI=1S/C15H16N2O/c1-10(2)13-9-17(15-8-16-11(3)18-15)14-7-5-4-6-12(13)14/h4-10H,1-3H3. The van der Waals surface area contributed by atoms with Crippen molar-refractivity contribution >= 4 is 10.9 Å². The van der Waals surface area contributed by atoms with E-state index in [0.717, 1.165) is 11.4 Å². The highest BCUT2D eigenvalue weighted by molar-refractivity contribution is 5.85. The van der Waals surface area contributed by atoms with Crippen molar-refractivity contribution in [1.29, 1.82) is 0 Å². The third-order valence-corrected chi connectivity index (χ3v) is 3.21. The third-order valence-electron chi connectivity index (χ3n) is 3.21. The fraction of sp³-hybridized carbons (Fsp3) is 0.267. The van der Waals surface area contributed by atoms with Crippen LogP contribution in [0.5, 0.6) is 0 Å². The van der Waals surface area contributed by atoms with E-state index in [9.17, 15) is 0 Å². The van der Waals surface area contributed by atoms with Crippen LogP contribution in [0.1, 0.15) is 31.2 Å². The minimum atomic E-state index is 0.486. The van der Waals surface area contributed by atoms with Crippen molar-refractivity contribution in [2.45, 2.75) is 26.7 Å². The van der Waals surface area contributed by atoms with Crippen LogP contribution in [0.15, 0.2) is 41.1 Å². The van der Waals surface area contributed by atoms with Gasteiger partial charge in [0.15, 0.2) is 5.89 Å². The van der Waals surface area contributed by atoms with Gasteiger partial charge in [0.05, 0.1) is 11.7 Å². The smallest absolute Gasteiger partial charge is 0.224 e. The number of aryl methyl sites for hydroxylation is 1. The Morgan fingerprint density at radius 1 is 1.22 bits per heavy atom. The maximum atomic E-state index is 5.62. The molecule has 0 atom stereocenters. The van der Waals surface area contributed by atoms with E-state index in [1.165, 1.54) is 10.9 Å². The van der Waals surface area contributed by atoms with Crippen LogP contribution in [-0.4, -0.2) is 9.55 Å². The van der Waals surface area contributed by atoms with Gasteiger partial charge in [0.1, 0.15) is 0 Å². The Morgan fingerprint density at radius 2 is 2.00 bits per heavy atom. The summed E-state index contributed by atoms with van der Waals surface area (Å²) in [7, 11) is 0. The molecule has 0 aliphatic heterocycles. The normalized spacial score (nSPS) is 11.6. The van der Waals surface area contributed by atoms with E-state index in [2.05, 4.69) is 47.8 Å². The molecule has 0 saturated heterocycles. The Bertz CT molecular complexity index is 691. The Kier molecular flexibility index (Phi) is 2.47. The van der Waals surface area contributed by atoms with E-state index < -0.39 is 0 Å². The number of hydrogen-bond donors (Lipinski definition) is 0. The first-order valence-electron chi connectivity index (χ1n) is 6.19. The van der Waals surface area contributed by atoms with Gasteiger partial charge in [-0.15, -0.1) is 0 Å². The summed E-state index contributed by atoms with van der Waals surface area (Å²) in [6.07, 6.45) is 3.92. The first-order valence-corrected chi connectivity index (χ1v) is 6.19. The highest BCUT2D eigenvalue weighted by Crippen LogP contribution is 2.29. The lowest BCUT2D eigenvalue weighted by atomic mass is 10.0. The molecule has 0 saturated carbocycles. The van der Waals surface area contributed by atoms with Crippen LogP contribution in [0.2, 0.25) is 0 Å². The summed E-state index contributed by atoms with van der Waals surface area (Å²) in [5, 5.41) is 1.28. The number of benzene rings is 1. The van der Waals surface area contributed by atoms with Gasteiger partial charge in [-0.25, -0.2) is 4.98 Å². The zero-order valence-corrected chi connectivity index (χ0v) is 10.8. The molecule has 0 unspecified atom stereocenters. The van der Waals surface area contributed by atoms with E-state index in [1.54, 1.807) is 6.20 Å². The van der Waals surface area contributed by atoms with Crippen molar-refractivity contribution in [3.8, 4) is 5.88 Å². The van der Waals surface area contributed by atoms with Crippen LogP contribution < -0.4 is 0 Å². The minimum absolute atomic E-state index is 0.486. The molecule has 0 fully saturated rings. The first-order chi connectivity index (χ1) is 8.66. The molecule has 2 heterocycles. The van der Waals surface area contributed by atoms with Gasteiger partial charge < -0.3 is 4.42 Å². The highest BCUT2D eigenvalue weighted by atomic mass is 16.4. The third kappa shape index (κ3) is 1.63. The molecular formula is C15H16N2O. The molecule has 0 aliphatic carbocycles. The Morgan fingerprint density at radius 3 is 2.67 bits per heavy atom. The fourth-order valence-corrected chi connectivity index (χ4v) is 2.31. The van der Waals surface area contributed by atoms with Gasteiger partial charge in [0.25, 0.3) is 0 Å². The number of nitrogens with zero attached hydrogens (tertiary/aromatic N) is 2. The summed E-state index contributed by atoms with van der Waals surface area (Å²) >= 11 is 0. The van der Waals surface area contributed by atoms with Crippen LogP contribution in [0.25, 0.3) is 16.8 Å². The second-order valence-corrected chi connectivity index (χ2v) is 4.84. The zero-order valence-electron chi connectivity index (χ0n) is 10.8. The lowest BCUT2D eigenvalue weighted by Crippen LogP contribution is -1.89. The topological polar surface area (TPSA) is 31.0 Å². The predicted molar refractivity (Wildman–Crippen MR) is 72.2 cm³/mol. The SMILES string of the molecule is Cc1ncc(-n2cc(C(C)C)c3ccccc32)o1. The largest absolute Gasteiger partial charge is 0.425 e. The van der Waals surface area contributed by atoms with Gasteiger partial charge in [-0.2, -0.15) is 0 Å². The van der Waals surface area contributed by atoms with Crippen molar-refractivity contribution < 1.29 is 4.42 Å². The van der Waals surface area contributed by atoms with Crippen LogP contribution in [0.4, 0.5) is 0 Å². The van der Waals surface area contributed by atoms with E-state index in [1.807, 2.05) is 13.0 Å². The van der Waals surface area contributed by atoms with Crippen molar-refractivity contribution in [1.82, 2.24) is 9.55 Å². The van der Waals surface area contributed by atoms with Gasteiger partial charge in [0.2, 0.25) is 5.88 Å². The molecule has 0 aliphatic rings. The van der Waals surface area contributed by atoms with Gasteiger partial charge in [-0.3, -0.25) is 4.57 Å². The summed E-state index contributed by atoms with van der Waals surface area (Å²) < 4.78 is 7.70. The molecule has 0 radical (unpaired) electrons. The maximum Gasteiger partial charge on any atom is 0.224 e. The average Bonchev–Trinajstić information content (AvgIpc) is 2.92. The Labute approximate surface area is 106 Å². The van der Waals surface area contributed by atoms with Gasteiger partial charge in [0, 0.05) is 18.5 Å². The molecule has 3 nitrogen and oxygen atoms in total. The fourth-order valence-electron chi connectivity index (χ4n) is 2.31. The summed E-state index contributed by atoms with van der Waals surface area (Å²) in [5.41, 5.74) is 2.50. The van der Waals surface area contributed by atoms with Crippen molar-refractivity contribution in [3.63, 3.8) is 0 Å². The van der Waals surface area contributed by atoms with E-state index in [4.69, 9.17) is 4.42 Å². The number of rotatable bonds is 2. The van der Waals surface area contributed by atoms with E-state index >= 15 is 0 Å². The molecule has 1 aromatic carbocycles. The lowest BCUT2D eigenvalue weighted by molar-refractivity contribution is 0.503. The second kappa shape index (κ2) is 4.02. The summed E-state index contributed by atoms with van der Waals surface area (Å²) in [4.78, 5) is 4.17. The first kappa shape index (κ1) is 11.1. The van der Waals surface area contributed by atoms with E-state index in [-0.39, 0.29) is 0 Å². The molecule has 92 valence electrons. The zero-order chi connectivity index (χ0) is 12.7. The molecule has 18 heavy (non-hydrogen) atoms. The lowest BCUT2D eigenvalue weighted by Gasteiger charge is -2.00. The van der Waals surface area contributed by atoms with Crippen molar-refractivity contribution in [2.24, 2.45) is 0 Å². The molecule has 0 N–H and O–H groups in total. The summed E-state index contributed by atoms with van der Waals surface area (Å²) in [5.74, 6) is 1.95. The number of hydrogen-bond acceptors (Lipinski definition) is 2. The second-order valence-electron chi connectivity index (χ2n) is 4.84. The quantitative estimate of drug-likeness (QED) is 0.676. The molecule has 3 heteroatoms. The number of fused-ring (bicyclic) bond motifs is 1. The molecule has 0 spiro atoms. The molecule has 0 amide bonds. The minimum Gasteiger partial charge on any atom is -0.425 e. The predicted octanol–water partition coefficient (Wildman–Crippen LogP) is 4.05. The van der Waals surface area contributed by atoms with Crippen LogP contribution in [0, 0.1) is 6.92 Å². The molecule has 0 bridgehead atoms. The molecular weight excluding hydrogens is 224 g/mol. The van der Waals surface area contributed by atoms with Crippen molar-refractivity contribution in [2.75, 3.05) is 0 Å². The molecule has 3 aromatic rings. The Balaban J connectivity index is 2.30. The summed E-state index contributed by atoms with van der Waals surface area (Å²) in [6.45, 7) is 6.27. The summed E-state index contributed by atoms with van der Waals surface area (Å²) in [6, 6.07) is 8.39. The van der Waals surface area contributed by atoms with Crippen LogP contribution in [0.3, 0.4) is 0 Å². The molecule has 3 rings (SSSR count). The van der Waals surface area contributed by atoms with Gasteiger partial charge in [-0.05, 0) is 17.5 Å². The van der Waals surface area contributed by atoms with Crippen LogP contribution in [-0.2, 0) is 0 Å². The van der Waals surface area contributed by atoms with Gasteiger partial charge >= 0.3 is 0 Å². The monoisotopic (exact) mass is 240 g/mol. The number of oxazole rings is 1. The highest BCUT2D eigenvalue weighted by Gasteiger charge is 2.13. The number of para-hydroxylation sites is 1. The Hall–Kier alpha value is -2.03.